The summed E-state index contributed by atoms with van der Waals surface area (Å²) >= 11 is 0. The average molecular weight is 380 g/mol. The zero-order valence-corrected chi connectivity index (χ0v) is 15.6. The summed E-state index contributed by atoms with van der Waals surface area (Å²) in [4.78, 5) is 12.5. The minimum absolute atomic E-state index is 0.103. The normalized spacial score (nSPS) is 13.5. The number of halogens is 1. The number of amides is 1. The third-order valence-electron chi connectivity index (χ3n) is 4.90. The second-order valence-electron chi connectivity index (χ2n) is 6.79. The lowest BCUT2D eigenvalue weighted by atomic mass is 10.1. The lowest BCUT2D eigenvalue weighted by Crippen LogP contribution is -2.12. The van der Waals surface area contributed by atoms with Gasteiger partial charge in [0.25, 0.3) is 5.91 Å². The first-order valence-corrected chi connectivity index (χ1v) is 9.33. The van der Waals surface area contributed by atoms with Gasteiger partial charge in [0.05, 0.1) is 7.11 Å². The van der Waals surface area contributed by atoms with Crippen molar-refractivity contribution < 1.29 is 13.9 Å². The van der Waals surface area contributed by atoms with Crippen LogP contribution in [0.2, 0.25) is 0 Å². The van der Waals surface area contributed by atoms with Crippen LogP contribution in [-0.4, -0.2) is 27.8 Å². The highest BCUT2D eigenvalue weighted by molar-refractivity contribution is 6.04. The Kier molecular flexibility index (Phi) is 5.06. The quantitative estimate of drug-likeness (QED) is 0.741. The van der Waals surface area contributed by atoms with Crippen LogP contribution in [0.1, 0.15) is 35.4 Å². The van der Waals surface area contributed by atoms with Gasteiger partial charge in [0.2, 0.25) is 0 Å². The number of benzene rings is 2. The Labute approximate surface area is 162 Å². The van der Waals surface area contributed by atoms with Crippen molar-refractivity contribution in [2.75, 3.05) is 12.4 Å². The van der Waals surface area contributed by atoms with E-state index in [-0.39, 0.29) is 11.3 Å². The number of hydrogen-bond acceptors (Lipinski definition) is 4. The van der Waals surface area contributed by atoms with Crippen molar-refractivity contribution in [3.8, 4) is 17.1 Å². The lowest BCUT2D eigenvalue weighted by Gasteiger charge is -2.10. The minimum Gasteiger partial charge on any atom is -0.494 e. The molecule has 1 aliphatic rings. The Morgan fingerprint density at radius 3 is 2.86 bits per heavy atom. The Morgan fingerprint density at radius 2 is 2.04 bits per heavy atom. The van der Waals surface area contributed by atoms with E-state index in [1.807, 2.05) is 18.2 Å². The number of hydrogen-bond donors (Lipinski definition) is 1. The topological polar surface area (TPSA) is 69.0 Å². The zero-order valence-electron chi connectivity index (χ0n) is 15.6. The summed E-state index contributed by atoms with van der Waals surface area (Å²) in [7, 11) is 1.38. The van der Waals surface area contributed by atoms with E-state index in [0.717, 1.165) is 49.1 Å². The molecule has 0 spiro atoms. The highest BCUT2D eigenvalue weighted by atomic mass is 19.1. The molecule has 0 aliphatic carbocycles. The van der Waals surface area contributed by atoms with Gasteiger partial charge in [-0.25, -0.2) is 4.39 Å². The zero-order chi connectivity index (χ0) is 19.5. The predicted octanol–water partition coefficient (Wildman–Crippen LogP) is 4.07. The fourth-order valence-corrected chi connectivity index (χ4v) is 3.45. The van der Waals surface area contributed by atoms with Gasteiger partial charge in [0.1, 0.15) is 5.82 Å². The first-order chi connectivity index (χ1) is 13.7. The number of rotatable bonds is 4. The van der Waals surface area contributed by atoms with Crippen molar-refractivity contribution in [3.63, 3.8) is 0 Å². The molecule has 7 heteroatoms. The van der Waals surface area contributed by atoms with Gasteiger partial charge in [-0.1, -0.05) is 18.6 Å². The van der Waals surface area contributed by atoms with Gasteiger partial charge >= 0.3 is 0 Å². The molecule has 0 bridgehead atoms. The molecule has 6 nitrogen and oxygen atoms in total. The Bertz CT molecular complexity index is 1020. The van der Waals surface area contributed by atoms with E-state index < -0.39 is 11.7 Å². The first-order valence-electron chi connectivity index (χ1n) is 9.33. The molecule has 0 atom stereocenters. The number of fused-ring (bicyclic) bond motifs is 1. The van der Waals surface area contributed by atoms with Crippen LogP contribution in [0.15, 0.2) is 42.5 Å². The van der Waals surface area contributed by atoms with Crippen molar-refractivity contribution in [2.24, 2.45) is 0 Å². The first kappa shape index (κ1) is 18.2. The van der Waals surface area contributed by atoms with Gasteiger partial charge in [0, 0.05) is 29.8 Å². The largest absolute Gasteiger partial charge is 0.494 e. The summed E-state index contributed by atoms with van der Waals surface area (Å²) in [6.07, 6.45) is 4.37. The molecular weight excluding hydrogens is 359 g/mol. The third-order valence-corrected chi connectivity index (χ3v) is 4.90. The Morgan fingerprint density at radius 1 is 1.14 bits per heavy atom. The fraction of sp³-hybridized carbons (Fsp3) is 0.286. The smallest absolute Gasteiger partial charge is 0.255 e. The molecule has 0 saturated carbocycles. The van der Waals surface area contributed by atoms with E-state index in [2.05, 4.69) is 20.1 Å². The van der Waals surface area contributed by atoms with Gasteiger partial charge in [0.15, 0.2) is 17.4 Å². The molecule has 28 heavy (non-hydrogen) atoms. The number of anilines is 1. The predicted molar refractivity (Wildman–Crippen MR) is 104 cm³/mol. The van der Waals surface area contributed by atoms with Crippen LogP contribution in [0.5, 0.6) is 5.75 Å². The monoisotopic (exact) mass is 380 g/mol. The SMILES string of the molecule is COc1ccc(C(=O)Nc2cccc(-c3nnc4n3CCCCC4)c2)cc1F. The molecule has 2 aromatic carbocycles. The summed E-state index contributed by atoms with van der Waals surface area (Å²) in [5.74, 6) is 0.957. The minimum atomic E-state index is -0.574. The number of aryl methyl sites for hydroxylation is 1. The highest BCUT2D eigenvalue weighted by Gasteiger charge is 2.17. The van der Waals surface area contributed by atoms with Gasteiger partial charge in [-0.2, -0.15) is 0 Å². The molecule has 0 unspecified atom stereocenters. The Balaban J connectivity index is 1.57. The molecule has 4 rings (SSSR count). The van der Waals surface area contributed by atoms with Gasteiger partial charge < -0.3 is 14.6 Å². The van der Waals surface area contributed by atoms with E-state index in [1.54, 1.807) is 6.07 Å². The van der Waals surface area contributed by atoms with E-state index in [0.29, 0.717) is 5.69 Å². The van der Waals surface area contributed by atoms with Crippen LogP contribution < -0.4 is 10.1 Å². The number of nitrogens with one attached hydrogen (secondary N) is 1. The van der Waals surface area contributed by atoms with Crippen molar-refractivity contribution in [2.45, 2.75) is 32.2 Å². The second-order valence-corrected chi connectivity index (χ2v) is 6.79. The average Bonchev–Trinajstić information content (AvgIpc) is 2.96. The van der Waals surface area contributed by atoms with Crippen LogP contribution in [0.25, 0.3) is 11.4 Å². The summed E-state index contributed by atoms with van der Waals surface area (Å²) in [5.41, 5.74) is 1.73. The number of methoxy groups -OCH3 is 1. The highest BCUT2D eigenvalue weighted by Crippen LogP contribution is 2.25. The van der Waals surface area contributed by atoms with Gasteiger partial charge in [-0.05, 0) is 43.2 Å². The molecule has 1 aliphatic heterocycles. The maximum atomic E-state index is 13.9. The summed E-state index contributed by atoms with van der Waals surface area (Å²) in [6.45, 7) is 0.902. The maximum absolute atomic E-state index is 13.9. The van der Waals surface area contributed by atoms with Crippen molar-refractivity contribution in [1.29, 1.82) is 0 Å². The molecular formula is C21H21FN4O2. The molecule has 144 valence electrons. The molecule has 0 fully saturated rings. The van der Waals surface area contributed by atoms with Gasteiger partial charge in [-0.15, -0.1) is 10.2 Å². The molecule has 0 saturated heterocycles. The van der Waals surface area contributed by atoms with E-state index in [4.69, 9.17) is 4.74 Å². The molecule has 0 radical (unpaired) electrons. The molecule has 1 amide bonds. The van der Waals surface area contributed by atoms with E-state index in [1.165, 1.54) is 25.7 Å². The van der Waals surface area contributed by atoms with Crippen LogP contribution in [-0.2, 0) is 13.0 Å². The van der Waals surface area contributed by atoms with Crippen LogP contribution in [0, 0.1) is 5.82 Å². The van der Waals surface area contributed by atoms with Crippen molar-refractivity contribution in [3.05, 3.63) is 59.7 Å². The fourth-order valence-electron chi connectivity index (χ4n) is 3.45. The number of ether oxygens (including phenoxy) is 1. The van der Waals surface area contributed by atoms with Crippen LogP contribution in [0.3, 0.4) is 0 Å². The molecule has 1 aromatic heterocycles. The number of aromatic nitrogens is 3. The number of nitrogens with zero attached hydrogens (tertiary/aromatic N) is 3. The molecule has 1 N–H and O–H groups in total. The molecule has 3 aromatic rings. The molecule has 2 heterocycles. The maximum Gasteiger partial charge on any atom is 0.255 e. The van der Waals surface area contributed by atoms with Crippen molar-refractivity contribution in [1.82, 2.24) is 14.8 Å². The van der Waals surface area contributed by atoms with Crippen molar-refractivity contribution >= 4 is 11.6 Å². The van der Waals surface area contributed by atoms with Gasteiger partial charge in [-0.3, -0.25) is 4.79 Å². The van der Waals surface area contributed by atoms with Crippen LogP contribution >= 0.6 is 0 Å². The Hall–Kier alpha value is -3.22. The van der Waals surface area contributed by atoms with Crippen LogP contribution in [0.4, 0.5) is 10.1 Å². The van der Waals surface area contributed by atoms with E-state index in [9.17, 15) is 9.18 Å². The third kappa shape index (κ3) is 3.60. The summed E-state index contributed by atoms with van der Waals surface area (Å²) in [5, 5.41) is 11.5. The number of carbonyl (C=O) groups excluding carboxylic acids is 1. The number of carbonyl (C=O) groups is 1. The summed E-state index contributed by atoms with van der Waals surface area (Å²) in [6, 6.07) is 11.6. The van der Waals surface area contributed by atoms with E-state index >= 15 is 0 Å². The lowest BCUT2D eigenvalue weighted by molar-refractivity contribution is 0.102. The second kappa shape index (κ2) is 7.80. The standard InChI is InChI=1S/C21H21FN4O2/c1-28-18-10-9-15(13-17(18)22)21(27)23-16-7-5-6-14(12-16)20-25-24-19-8-3-2-4-11-26(19)20/h5-7,9-10,12-13H,2-4,8,11H2,1H3,(H,23,27). The summed E-state index contributed by atoms with van der Waals surface area (Å²) < 4.78 is 20.9.